The summed E-state index contributed by atoms with van der Waals surface area (Å²) in [7, 11) is 0. The van der Waals surface area contributed by atoms with Crippen LogP contribution in [0.5, 0.6) is 0 Å². The fourth-order valence-corrected chi connectivity index (χ4v) is 3.83. The Morgan fingerprint density at radius 1 is 1.04 bits per heavy atom. The zero-order valence-electron chi connectivity index (χ0n) is 13.5. The molecule has 0 radical (unpaired) electrons. The molecule has 0 spiro atoms. The van der Waals surface area contributed by atoms with Crippen molar-refractivity contribution in [3.05, 3.63) is 74.1 Å². The fourth-order valence-electron chi connectivity index (χ4n) is 2.48. The molecule has 1 saturated heterocycles. The lowest BCUT2D eigenvalue weighted by Gasteiger charge is -2.14. The number of benzene rings is 2. The summed E-state index contributed by atoms with van der Waals surface area (Å²) in [6, 6.07) is 13.0. The molecule has 1 aliphatic heterocycles. The quantitative estimate of drug-likeness (QED) is 0.618. The number of rotatable bonds is 4. The Labute approximate surface area is 160 Å². The van der Waals surface area contributed by atoms with Crippen LogP contribution in [0, 0.1) is 0 Å². The molecule has 3 rings (SSSR count). The summed E-state index contributed by atoms with van der Waals surface area (Å²) < 4.78 is 0. The Morgan fingerprint density at radius 2 is 1.68 bits per heavy atom. The topological polar surface area (TPSA) is 37.4 Å². The molecule has 0 bridgehead atoms. The summed E-state index contributed by atoms with van der Waals surface area (Å²) in [5.41, 5.74) is 2.68. The Bertz CT molecular complexity index is 842. The van der Waals surface area contributed by atoms with E-state index in [9.17, 15) is 9.59 Å². The number of hydrogen-bond donors (Lipinski definition) is 0. The third-order valence-corrected chi connectivity index (χ3v) is 5.55. The molecule has 1 aliphatic rings. The highest BCUT2D eigenvalue weighted by Crippen LogP contribution is 2.35. The molecule has 2 aromatic carbocycles. The molecular weight excluding hydrogens is 377 g/mol. The first-order chi connectivity index (χ1) is 12.0. The number of thioether (sulfide) groups is 1. The minimum absolute atomic E-state index is 0.0648. The highest BCUT2D eigenvalue weighted by Gasteiger charge is 2.35. The second-order valence-electron chi connectivity index (χ2n) is 5.56. The van der Waals surface area contributed by atoms with Crippen molar-refractivity contribution in [2.75, 3.05) is 0 Å². The van der Waals surface area contributed by atoms with Crippen molar-refractivity contribution in [2.45, 2.75) is 19.9 Å². The van der Waals surface area contributed by atoms with Crippen LogP contribution in [0.25, 0.3) is 6.08 Å². The first-order valence-corrected chi connectivity index (χ1v) is 9.34. The molecule has 0 saturated carbocycles. The number of imide groups is 1. The molecule has 1 heterocycles. The van der Waals surface area contributed by atoms with Crippen molar-refractivity contribution in [1.82, 2.24) is 4.90 Å². The van der Waals surface area contributed by atoms with Gasteiger partial charge in [0.1, 0.15) is 0 Å². The van der Waals surface area contributed by atoms with Gasteiger partial charge in [-0.1, -0.05) is 60.5 Å². The molecule has 3 nitrogen and oxygen atoms in total. The van der Waals surface area contributed by atoms with Crippen LogP contribution in [0.2, 0.25) is 10.0 Å². The SMILES string of the molecule is CCc1ccc(/C=C2\SC(=O)N(Cc3c(Cl)cccc3Cl)C2=O)cc1. The summed E-state index contributed by atoms with van der Waals surface area (Å²) >= 11 is 13.2. The van der Waals surface area contributed by atoms with Crippen molar-refractivity contribution in [2.24, 2.45) is 0 Å². The maximum absolute atomic E-state index is 12.6. The van der Waals surface area contributed by atoms with Gasteiger partial charge in [-0.05, 0) is 47.5 Å². The van der Waals surface area contributed by atoms with Gasteiger partial charge in [0, 0.05) is 15.6 Å². The van der Waals surface area contributed by atoms with Crippen LogP contribution in [0.1, 0.15) is 23.6 Å². The van der Waals surface area contributed by atoms with Gasteiger partial charge in [0.2, 0.25) is 0 Å². The first kappa shape index (κ1) is 18.1. The Hall–Kier alpha value is -1.75. The smallest absolute Gasteiger partial charge is 0.268 e. The number of halogens is 2. The highest BCUT2D eigenvalue weighted by molar-refractivity contribution is 8.18. The van der Waals surface area contributed by atoms with Crippen LogP contribution in [-0.4, -0.2) is 16.0 Å². The van der Waals surface area contributed by atoms with E-state index in [1.165, 1.54) is 10.5 Å². The second kappa shape index (κ2) is 7.65. The van der Waals surface area contributed by atoms with Gasteiger partial charge in [-0.25, -0.2) is 0 Å². The zero-order valence-corrected chi connectivity index (χ0v) is 15.8. The van der Waals surface area contributed by atoms with Crippen LogP contribution in [-0.2, 0) is 17.8 Å². The van der Waals surface area contributed by atoms with Gasteiger partial charge >= 0.3 is 0 Å². The predicted octanol–water partition coefficient (Wildman–Crippen LogP) is 5.79. The number of aryl methyl sites for hydroxylation is 1. The number of carbonyl (C=O) groups excluding carboxylic acids is 2. The number of amides is 2. The van der Waals surface area contributed by atoms with Gasteiger partial charge in [0.05, 0.1) is 11.4 Å². The van der Waals surface area contributed by atoms with Crippen molar-refractivity contribution >= 4 is 52.2 Å². The molecular formula is C19H15Cl2NO2S. The Morgan fingerprint density at radius 3 is 2.28 bits per heavy atom. The second-order valence-corrected chi connectivity index (χ2v) is 7.37. The Kier molecular flexibility index (Phi) is 5.52. The number of hydrogen-bond acceptors (Lipinski definition) is 3. The lowest BCUT2D eigenvalue weighted by atomic mass is 10.1. The van der Waals surface area contributed by atoms with E-state index in [-0.39, 0.29) is 17.7 Å². The van der Waals surface area contributed by atoms with E-state index in [2.05, 4.69) is 6.92 Å². The van der Waals surface area contributed by atoms with Crippen molar-refractivity contribution in [1.29, 1.82) is 0 Å². The zero-order chi connectivity index (χ0) is 18.0. The lowest BCUT2D eigenvalue weighted by Crippen LogP contribution is -2.27. The van der Waals surface area contributed by atoms with Crippen LogP contribution in [0.4, 0.5) is 4.79 Å². The summed E-state index contributed by atoms with van der Waals surface area (Å²) in [6.45, 7) is 2.15. The van der Waals surface area contributed by atoms with Gasteiger partial charge in [0.25, 0.3) is 11.1 Å². The van der Waals surface area contributed by atoms with Crippen molar-refractivity contribution in [3.63, 3.8) is 0 Å². The van der Waals surface area contributed by atoms with E-state index < -0.39 is 0 Å². The van der Waals surface area contributed by atoms with Crippen molar-refractivity contribution in [3.8, 4) is 0 Å². The maximum atomic E-state index is 12.6. The summed E-state index contributed by atoms with van der Waals surface area (Å²) in [5.74, 6) is -0.328. The molecule has 25 heavy (non-hydrogen) atoms. The van der Waals surface area contributed by atoms with E-state index in [4.69, 9.17) is 23.2 Å². The minimum Gasteiger partial charge on any atom is -0.268 e. The third-order valence-electron chi connectivity index (χ3n) is 3.94. The predicted molar refractivity (Wildman–Crippen MR) is 104 cm³/mol. The van der Waals surface area contributed by atoms with Gasteiger partial charge in [0.15, 0.2) is 0 Å². The summed E-state index contributed by atoms with van der Waals surface area (Å²) in [5, 5.41) is 0.550. The molecule has 0 aliphatic carbocycles. The first-order valence-electron chi connectivity index (χ1n) is 7.76. The summed E-state index contributed by atoms with van der Waals surface area (Å²) in [4.78, 5) is 26.4. The van der Waals surface area contributed by atoms with E-state index in [1.54, 1.807) is 24.3 Å². The van der Waals surface area contributed by atoms with Crippen LogP contribution >= 0.6 is 35.0 Å². The summed E-state index contributed by atoms with van der Waals surface area (Å²) in [6.07, 6.45) is 2.69. The molecule has 2 aromatic rings. The van der Waals surface area contributed by atoms with E-state index >= 15 is 0 Å². The molecule has 1 fully saturated rings. The fraction of sp³-hybridized carbons (Fsp3) is 0.158. The largest absolute Gasteiger partial charge is 0.293 e. The Balaban J connectivity index is 1.83. The molecule has 0 unspecified atom stereocenters. The molecule has 128 valence electrons. The van der Waals surface area contributed by atoms with Crippen molar-refractivity contribution < 1.29 is 9.59 Å². The lowest BCUT2D eigenvalue weighted by molar-refractivity contribution is -0.123. The standard InChI is InChI=1S/C19H15Cl2NO2S/c1-2-12-6-8-13(9-7-12)10-17-18(23)22(19(24)25-17)11-14-15(20)4-3-5-16(14)21/h3-10H,2,11H2,1H3/b17-10-. The van der Waals surface area contributed by atoms with Crippen LogP contribution < -0.4 is 0 Å². The molecule has 6 heteroatoms. The average Bonchev–Trinajstić information content (AvgIpc) is 2.86. The van der Waals surface area contributed by atoms with E-state index in [0.717, 1.165) is 23.7 Å². The number of carbonyl (C=O) groups is 2. The highest BCUT2D eigenvalue weighted by atomic mass is 35.5. The minimum atomic E-state index is -0.328. The van der Waals surface area contributed by atoms with Gasteiger partial charge in [-0.2, -0.15) is 0 Å². The third kappa shape index (κ3) is 3.92. The molecule has 0 N–H and O–H groups in total. The maximum Gasteiger partial charge on any atom is 0.293 e. The monoisotopic (exact) mass is 391 g/mol. The van der Waals surface area contributed by atoms with Gasteiger partial charge in [-0.15, -0.1) is 0 Å². The normalized spacial score (nSPS) is 16.1. The van der Waals surface area contributed by atoms with Gasteiger partial charge in [-0.3, -0.25) is 14.5 Å². The molecule has 0 aromatic heterocycles. The van der Waals surface area contributed by atoms with Crippen LogP contribution in [0.15, 0.2) is 47.4 Å². The van der Waals surface area contributed by atoms with E-state index in [1.807, 2.05) is 24.3 Å². The van der Waals surface area contributed by atoms with Crippen LogP contribution in [0.3, 0.4) is 0 Å². The molecule has 0 atom stereocenters. The van der Waals surface area contributed by atoms with E-state index in [0.29, 0.717) is 20.5 Å². The number of nitrogens with zero attached hydrogens (tertiary/aromatic N) is 1. The average molecular weight is 392 g/mol. The van der Waals surface area contributed by atoms with Gasteiger partial charge < -0.3 is 0 Å². The molecule has 2 amide bonds.